The molecule has 0 amide bonds. The van der Waals surface area contributed by atoms with Gasteiger partial charge in [-0.3, -0.25) is 0 Å². The standard InChI is InChI=1S/C11H11BrFN3OS/c1-2-14-11-9(15-16-18-11)6-17-10-5-7(13)3-4-8(10)12/h3-5,14H,2,6H2,1H3. The molecule has 4 nitrogen and oxygen atoms in total. The molecule has 1 heterocycles. The third kappa shape index (κ3) is 3.17. The van der Waals surface area contributed by atoms with Gasteiger partial charge < -0.3 is 10.1 Å². The second kappa shape index (κ2) is 6.10. The molecule has 1 aromatic heterocycles. The van der Waals surface area contributed by atoms with Crippen molar-refractivity contribution in [2.24, 2.45) is 0 Å². The first-order valence-electron chi connectivity index (χ1n) is 5.33. The highest BCUT2D eigenvalue weighted by Gasteiger charge is 2.09. The molecular weight excluding hydrogens is 321 g/mol. The number of aromatic nitrogens is 2. The van der Waals surface area contributed by atoms with Gasteiger partial charge in [0.1, 0.15) is 28.9 Å². The number of benzene rings is 1. The van der Waals surface area contributed by atoms with Crippen molar-refractivity contribution in [3.05, 3.63) is 34.2 Å². The number of anilines is 1. The normalized spacial score (nSPS) is 10.4. The van der Waals surface area contributed by atoms with Crippen LogP contribution in [0.1, 0.15) is 12.6 Å². The topological polar surface area (TPSA) is 47.0 Å². The molecule has 7 heteroatoms. The van der Waals surface area contributed by atoms with Crippen LogP contribution in [0.5, 0.6) is 5.75 Å². The zero-order chi connectivity index (χ0) is 13.0. The van der Waals surface area contributed by atoms with Crippen LogP contribution in [0.3, 0.4) is 0 Å². The van der Waals surface area contributed by atoms with Gasteiger partial charge >= 0.3 is 0 Å². The predicted octanol–water partition coefficient (Wildman–Crippen LogP) is 3.45. The van der Waals surface area contributed by atoms with E-state index in [0.29, 0.717) is 10.2 Å². The lowest BCUT2D eigenvalue weighted by Gasteiger charge is -2.07. The van der Waals surface area contributed by atoms with Crippen LogP contribution in [0.4, 0.5) is 9.39 Å². The molecule has 0 aliphatic rings. The number of rotatable bonds is 5. The Bertz CT molecular complexity index is 535. The second-order valence-electron chi connectivity index (χ2n) is 3.44. The summed E-state index contributed by atoms with van der Waals surface area (Å²) in [5, 5.41) is 8.00. The van der Waals surface area contributed by atoms with E-state index < -0.39 is 0 Å². The largest absolute Gasteiger partial charge is 0.486 e. The van der Waals surface area contributed by atoms with Gasteiger partial charge in [-0.25, -0.2) is 4.39 Å². The van der Waals surface area contributed by atoms with Crippen molar-refractivity contribution in [1.29, 1.82) is 0 Å². The van der Waals surface area contributed by atoms with Crippen molar-refractivity contribution in [3.63, 3.8) is 0 Å². The highest BCUT2D eigenvalue weighted by atomic mass is 79.9. The Morgan fingerprint density at radius 1 is 1.50 bits per heavy atom. The van der Waals surface area contributed by atoms with Crippen molar-refractivity contribution in [2.45, 2.75) is 13.5 Å². The molecule has 0 saturated carbocycles. The molecule has 1 N–H and O–H groups in total. The molecule has 0 aliphatic carbocycles. The van der Waals surface area contributed by atoms with Crippen LogP contribution in [-0.4, -0.2) is 16.1 Å². The third-order valence-corrected chi connectivity index (χ3v) is 3.53. The Balaban J connectivity index is 2.06. The van der Waals surface area contributed by atoms with E-state index in [-0.39, 0.29) is 12.4 Å². The van der Waals surface area contributed by atoms with E-state index in [2.05, 4.69) is 30.8 Å². The number of nitrogens with one attached hydrogen (secondary N) is 1. The summed E-state index contributed by atoms with van der Waals surface area (Å²) in [6.45, 7) is 3.04. The van der Waals surface area contributed by atoms with Gasteiger partial charge in [0.15, 0.2) is 0 Å². The molecule has 2 rings (SSSR count). The van der Waals surface area contributed by atoms with Gasteiger partial charge in [0.25, 0.3) is 0 Å². The lowest BCUT2D eigenvalue weighted by Crippen LogP contribution is -2.02. The van der Waals surface area contributed by atoms with Crippen LogP contribution < -0.4 is 10.1 Å². The van der Waals surface area contributed by atoms with Gasteiger partial charge in [-0.1, -0.05) is 4.49 Å². The number of hydrogen-bond acceptors (Lipinski definition) is 5. The van der Waals surface area contributed by atoms with E-state index in [9.17, 15) is 4.39 Å². The van der Waals surface area contributed by atoms with E-state index in [1.54, 1.807) is 6.07 Å². The molecule has 0 atom stereocenters. The summed E-state index contributed by atoms with van der Waals surface area (Å²) in [4.78, 5) is 0. The van der Waals surface area contributed by atoms with Crippen LogP contribution in [0, 0.1) is 5.82 Å². The molecule has 0 bridgehead atoms. The molecule has 1 aromatic carbocycles. The zero-order valence-electron chi connectivity index (χ0n) is 9.61. The molecule has 0 saturated heterocycles. The first-order valence-corrected chi connectivity index (χ1v) is 6.90. The highest BCUT2D eigenvalue weighted by molar-refractivity contribution is 9.10. The van der Waals surface area contributed by atoms with Crippen molar-refractivity contribution in [1.82, 2.24) is 9.59 Å². The Hall–Kier alpha value is -1.21. The van der Waals surface area contributed by atoms with E-state index in [1.807, 2.05) is 6.92 Å². The lowest BCUT2D eigenvalue weighted by molar-refractivity contribution is 0.298. The Labute approximate surface area is 116 Å². The van der Waals surface area contributed by atoms with Crippen molar-refractivity contribution >= 4 is 32.5 Å². The minimum absolute atomic E-state index is 0.251. The van der Waals surface area contributed by atoms with Gasteiger partial charge in [0, 0.05) is 24.1 Å². The van der Waals surface area contributed by atoms with Gasteiger partial charge in [-0.2, -0.15) is 0 Å². The molecule has 0 radical (unpaired) electrons. The molecule has 18 heavy (non-hydrogen) atoms. The first kappa shape index (κ1) is 13.2. The summed E-state index contributed by atoms with van der Waals surface area (Å²) >= 11 is 4.58. The molecule has 0 unspecified atom stereocenters. The average molecular weight is 332 g/mol. The molecule has 2 aromatic rings. The quantitative estimate of drug-likeness (QED) is 0.911. The van der Waals surface area contributed by atoms with E-state index >= 15 is 0 Å². The van der Waals surface area contributed by atoms with Crippen LogP contribution in [0.25, 0.3) is 0 Å². The van der Waals surface area contributed by atoms with Crippen molar-refractivity contribution in [3.8, 4) is 5.75 Å². The molecule has 0 spiro atoms. The summed E-state index contributed by atoms with van der Waals surface area (Å²) in [5.74, 6) is 0.113. The van der Waals surface area contributed by atoms with Crippen LogP contribution >= 0.6 is 27.5 Å². The Kier molecular flexibility index (Phi) is 4.48. The summed E-state index contributed by atoms with van der Waals surface area (Å²) in [7, 11) is 0. The van der Waals surface area contributed by atoms with Crippen molar-refractivity contribution < 1.29 is 9.13 Å². The maximum absolute atomic E-state index is 13.1. The van der Waals surface area contributed by atoms with Gasteiger partial charge in [-0.05, 0) is 35.0 Å². The zero-order valence-corrected chi connectivity index (χ0v) is 12.0. The van der Waals surface area contributed by atoms with Gasteiger partial charge in [0.2, 0.25) is 0 Å². The minimum Gasteiger partial charge on any atom is -0.486 e. The predicted molar refractivity (Wildman–Crippen MR) is 72.5 cm³/mol. The van der Waals surface area contributed by atoms with E-state index in [1.165, 1.54) is 23.7 Å². The van der Waals surface area contributed by atoms with Gasteiger partial charge in [0.05, 0.1) is 4.47 Å². The van der Waals surface area contributed by atoms with E-state index in [4.69, 9.17) is 4.74 Å². The molecular formula is C11H11BrFN3OS. The number of halogens is 2. The SMILES string of the molecule is CCNc1snnc1COc1cc(F)ccc1Br. The summed E-state index contributed by atoms with van der Waals surface area (Å²) < 4.78 is 23.2. The highest BCUT2D eigenvalue weighted by Crippen LogP contribution is 2.27. The van der Waals surface area contributed by atoms with Crippen LogP contribution in [0.2, 0.25) is 0 Å². The first-order chi connectivity index (χ1) is 8.70. The van der Waals surface area contributed by atoms with Crippen LogP contribution in [-0.2, 0) is 6.61 Å². The van der Waals surface area contributed by atoms with Crippen molar-refractivity contribution in [2.75, 3.05) is 11.9 Å². The number of hydrogen-bond donors (Lipinski definition) is 1. The van der Waals surface area contributed by atoms with E-state index in [0.717, 1.165) is 17.2 Å². The third-order valence-electron chi connectivity index (χ3n) is 2.15. The number of nitrogens with zero attached hydrogens (tertiary/aromatic N) is 2. The second-order valence-corrected chi connectivity index (χ2v) is 5.05. The lowest BCUT2D eigenvalue weighted by atomic mass is 10.3. The summed E-state index contributed by atoms with van der Waals surface area (Å²) in [6.07, 6.45) is 0. The molecule has 0 aliphatic heterocycles. The fourth-order valence-electron chi connectivity index (χ4n) is 1.33. The average Bonchev–Trinajstić information content (AvgIpc) is 2.78. The molecule has 0 fully saturated rings. The fraction of sp³-hybridized carbons (Fsp3) is 0.273. The minimum atomic E-state index is -0.337. The summed E-state index contributed by atoms with van der Waals surface area (Å²) in [5.41, 5.74) is 0.720. The Morgan fingerprint density at radius 3 is 3.11 bits per heavy atom. The Morgan fingerprint density at radius 2 is 2.33 bits per heavy atom. The maximum Gasteiger partial charge on any atom is 0.136 e. The molecule has 96 valence electrons. The maximum atomic E-state index is 13.1. The fourth-order valence-corrected chi connectivity index (χ4v) is 2.33. The van der Waals surface area contributed by atoms with Crippen LogP contribution in [0.15, 0.2) is 22.7 Å². The smallest absolute Gasteiger partial charge is 0.136 e. The summed E-state index contributed by atoms with van der Waals surface area (Å²) in [6, 6.07) is 4.30. The van der Waals surface area contributed by atoms with Gasteiger partial charge in [-0.15, -0.1) is 5.10 Å². The monoisotopic (exact) mass is 331 g/mol. The number of ether oxygens (including phenoxy) is 1.